The van der Waals surface area contributed by atoms with Crippen molar-refractivity contribution in [1.29, 1.82) is 0 Å². The molecule has 1 N–H and O–H groups in total. The fourth-order valence-electron chi connectivity index (χ4n) is 3.99. The lowest BCUT2D eigenvalue weighted by atomic mass is 9.77. The maximum absolute atomic E-state index is 4.29. The van der Waals surface area contributed by atoms with E-state index in [1.807, 2.05) is 17.9 Å². The first-order chi connectivity index (χ1) is 10.0. The third-order valence-corrected chi connectivity index (χ3v) is 5.62. The summed E-state index contributed by atoms with van der Waals surface area (Å²) >= 11 is 0. The van der Waals surface area contributed by atoms with Gasteiger partial charge in [-0.2, -0.15) is 5.10 Å². The Morgan fingerprint density at radius 2 is 2.00 bits per heavy atom. The maximum atomic E-state index is 4.29. The number of piperazine rings is 1. The van der Waals surface area contributed by atoms with Gasteiger partial charge in [0.2, 0.25) is 0 Å². The molecule has 1 saturated heterocycles. The fourth-order valence-corrected chi connectivity index (χ4v) is 3.99. The monoisotopic (exact) mass is 290 g/mol. The number of nitrogens with one attached hydrogen (secondary N) is 1. The van der Waals surface area contributed by atoms with Crippen LogP contribution in [0.5, 0.6) is 0 Å². The summed E-state index contributed by atoms with van der Waals surface area (Å²) in [5.41, 5.74) is 1.98. The number of nitrogens with zero attached hydrogens (tertiary/aromatic N) is 3. The van der Waals surface area contributed by atoms with Crippen molar-refractivity contribution in [1.82, 2.24) is 20.0 Å². The highest BCUT2D eigenvalue weighted by Gasteiger charge is 2.42. The Hall–Kier alpha value is -0.870. The molecule has 0 bridgehead atoms. The summed E-state index contributed by atoms with van der Waals surface area (Å²) in [4.78, 5) is 2.71. The summed E-state index contributed by atoms with van der Waals surface area (Å²) < 4.78 is 2.01. The third-order valence-electron chi connectivity index (χ3n) is 5.62. The molecule has 21 heavy (non-hydrogen) atoms. The van der Waals surface area contributed by atoms with Gasteiger partial charge >= 0.3 is 0 Å². The zero-order chi connectivity index (χ0) is 14.9. The van der Waals surface area contributed by atoms with E-state index in [0.29, 0.717) is 5.54 Å². The van der Waals surface area contributed by atoms with Crippen LogP contribution in [0, 0.1) is 0 Å². The number of rotatable bonds is 3. The maximum Gasteiger partial charge on any atom is 0.0492 e. The van der Waals surface area contributed by atoms with E-state index in [-0.39, 0.29) is 5.54 Å². The van der Waals surface area contributed by atoms with Gasteiger partial charge in [-0.1, -0.05) is 19.3 Å². The zero-order valence-corrected chi connectivity index (χ0v) is 13.9. The molecule has 2 aliphatic rings. The van der Waals surface area contributed by atoms with Gasteiger partial charge in [-0.05, 0) is 32.8 Å². The Morgan fingerprint density at radius 3 is 2.67 bits per heavy atom. The number of hydrogen-bond donors (Lipinski definition) is 1. The minimum Gasteiger partial charge on any atom is -0.308 e. The molecule has 1 saturated carbocycles. The van der Waals surface area contributed by atoms with Crippen molar-refractivity contribution in [2.75, 3.05) is 19.6 Å². The van der Waals surface area contributed by atoms with Crippen LogP contribution in [-0.4, -0.2) is 45.4 Å². The molecule has 118 valence electrons. The molecule has 1 spiro atoms. The van der Waals surface area contributed by atoms with Crippen molar-refractivity contribution in [2.24, 2.45) is 7.05 Å². The molecule has 1 aromatic heterocycles. The van der Waals surface area contributed by atoms with Crippen molar-refractivity contribution in [2.45, 2.75) is 63.5 Å². The molecule has 2 fully saturated rings. The first-order valence-electron chi connectivity index (χ1n) is 8.48. The van der Waals surface area contributed by atoms with Gasteiger partial charge in [0.1, 0.15) is 0 Å². The summed E-state index contributed by atoms with van der Waals surface area (Å²) in [7, 11) is 2.04. The minimum absolute atomic E-state index is 0.251. The number of aryl methyl sites for hydroxylation is 1. The van der Waals surface area contributed by atoms with Crippen molar-refractivity contribution >= 4 is 0 Å². The van der Waals surface area contributed by atoms with Crippen LogP contribution >= 0.6 is 0 Å². The lowest BCUT2D eigenvalue weighted by Gasteiger charge is -2.53. The molecule has 0 aromatic carbocycles. The Bertz CT molecular complexity index is 471. The van der Waals surface area contributed by atoms with Crippen molar-refractivity contribution in [3.8, 4) is 0 Å². The lowest BCUT2D eigenvalue weighted by molar-refractivity contribution is 0.0114. The molecule has 1 aromatic rings. The van der Waals surface area contributed by atoms with Crippen molar-refractivity contribution < 1.29 is 0 Å². The standard InChI is InChI=1S/C17H30N4/c1-16(2)13-18-17(9-5-4-6-10-17)14-21(16)12-8-15-7-11-19-20(15)3/h7,11,18H,4-6,8-10,12-14H2,1-3H3. The molecule has 0 radical (unpaired) electrons. The van der Waals surface area contributed by atoms with Crippen LogP contribution in [0.25, 0.3) is 0 Å². The average molecular weight is 290 g/mol. The molecule has 0 amide bonds. The highest BCUT2D eigenvalue weighted by molar-refractivity contribution is 5.05. The summed E-state index contributed by atoms with van der Waals surface area (Å²) in [5.74, 6) is 0. The fraction of sp³-hybridized carbons (Fsp3) is 0.824. The second-order valence-corrected chi connectivity index (χ2v) is 7.62. The smallest absolute Gasteiger partial charge is 0.0492 e. The third kappa shape index (κ3) is 3.16. The SMILES string of the molecule is Cn1nccc1CCN1CC2(CCCCC2)NCC1(C)C. The average Bonchev–Trinajstić information content (AvgIpc) is 2.87. The predicted octanol–water partition coefficient (Wildman–Crippen LogP) is 2.35. The normalized spacial score (nSPS) is 25.3. The Kier molecular flexibility index (Phi) is 4.10. The van der Waals surface area contributed by atoms with E-state index in [9.17, 15) is 0 Å². The molecular formula is C17H30N4. The van der Waals surface area contributed by atoms with Gasteiger partial charge in [0.25, 0.3) is 0 Å². The highest BCUT2D eigenvalue weighted by Crippen LogP contribution is 2.34. The van der Waals surface area contributed by atoms with Crippen LogP contribution in [0.15, 0.2) is 12.3 Å². The Labute approximate surface area is 128 Å². The van der Waals surface area contributed by atoms with Crippen molar-refractivity contribution in [3.05, 3.63) is 18.0 Å². The second-order valence-electron chi connectivity index (χ2n) is 7.62. The molecule has 1 aliphatic heterocycles. The van der Waals surface area contributed by atoms with E-state index >= 15 is 0 Å². The van der Waals surface area contributed by atoms with Gasteiger partial charge in [-0.25, -0.2) is 0 Å². The van der Waals surface area contributed by atoms with Gasteiger partial charge < -0.3 is 5.32 Å². The molecular weight excluding hydrogens is 260 g/mol. The van der Waals surface area contributed by atoms with E-state index in [4.69, 9.17) is 0 Å². The molecule has 4 heteroatoms. The van der Waals surface area contributed by atoms with Gasteiger partial charge in [0, 0.05) is 56.1 Å². The van der Waals surface area contributed by atoms with Crippen LogP contribution in [0.1, 0.15) is 51.6 Å². The number of aromatic nitrogens is 2. The van der Waals surface area contributed by atoms with Crippen LogP contribution in [-0.2, 0) is 13.5 Å². The quantitative estimate of drug-likeness (QED) is 0.927. The van der Waals surface area contributed by atoms with Gasteiger partial charge in [0.15, 0.2) is 0 Å². The van der Waals surface area contributed by atoms with E-state index in [0.717, 1.165) is 19.5 Å². The first kappa shape index (κ1) is 15.0. The Balaban J connectivity index is 1.67. The largest absolute Gasteiger partial charge is 0.308 e. The summed E-state index contributed by atoms with van der Waals surface area (Å²) in [6.07, 6.45) is 9.90. The van der Waals surface area contributed by atoms with Gasteiger partial charge in [-0.15, -0.1) is 0 Å². The van der Waals surface area contributed by atoms with Gasteiger partial charge in [-0.3, -0.25) is 9.58 Å². The molecule has 0 unspecified atom stereocenters. The zero-order valence-electron chi connectivity index (χ0n) is 13.9. The van der Waals surface area contributed by atoms with Gasteiger partial charge in [0.05, 0.1) is 0 Å². The number of hydrogen-bond acceptors (Lipinski definition) is 3. The predicted molar refractivity (Wildman–Crippen MR) is 86.4 cm³/mol. The molecule has 4 nitrogen and oxygen atoms in total. The van der Waals surface area contributed by atoms with E-state index in [1.165, 1.54) is 44.3 Å². The molecule has 3 rings (SSSR count). The second kappa shape index (κ2) is 5.73. The minimum atomic E-state index is 0.251. The first-order valence-corrected chi connectivity index (χ1v) is 8.48. The highest BCUT2D eigenvalue weighted by atomic mass is 15.3. The molecule has 1 aliphatic carbocycles. The van der Waals surface area contributed by atoms with E-state index in [2.05, 4.69) is 35.2 Å². The van der Waals surface area contributed by atoms with E-state index < -0.39 is 0 Å². The molecule has 0 atom stereocenters. The topological polar surface area (TPSA) is 33.1 Å². The molecule has 2 heterocycles. The summed E-state index contributed by atoms with van der Waals surface area (Å²) in [6.45, 7) is 8.20. The van der Waals surface area contributed by atoms with Crippen LogP contribution in [0.4, 0.5) is 0 Å². The van der Waals surface area contributed by atoms with Crippen LogP contribution < -0.4 is 5.32 Å². The van der Waals surface area contributed by atoms with E-state index in [1.54, 1.807) is 0 Å². The summed E-state index contributed by atoms with van der Waals surface area (Å²) in [5, 5.41) is 8.19. The lowest BCUT2D eigenvalue weighted by Crippen LogP contribution is -2.68. The van der Waals surface area contributed by atoms with Crippen molar-refractivity contribution in [3.63, 3.8) is 0 Å². The van der Waals surface area contributed by atoms with Crippen LogP contribution in [0.2, 0.25) is 0 Å². The Morgan fingerprint density at radius 1 is 1.24 bits per heavy atom. The summed E-state index contributed by atoms with van der Waals surface area (Å²) in [6, 6.07) is 2.14. The van der Waals surface area contributed by atoms with Crippen LogP contribution in [0.3, 0.4) is 0 Å².